The monoisotopic (exact) mass is 578 g/mol. The third-order valence-electron chi connectivity index (χ3n) is 8.24. The lowest BCUT2D eigenvalue weighted by atomic mass is 9.90. The van der Waals surface area contributed by atoms with Gasteiger partial charge < -0.3 is 4.74 Å². The van der Waals surface area contributed by atoms with E-state index >= 15 is 0 Å². The van der Waals surface area contributed by atoms with Crippen molar-refractivity contribution >= 4 is 11.7 Å². The second kappa shape index (κ2) is 12.4. The lowest BCUT2D eigenvalue weighted by Gasteiger charge is -2.16. The molecule has 3 unspecified atom stereocenters. The van der Waals surface area contributed by atoms with Gasteiger partial charge in [-0.05, 0) is 80.3 Å². The summed E-state index contributed by atoms with van der Waals surface area (Å²) in [6, 6.07) is 22.0. The highest BCUT2D eigenvalue weighted by Crippen LogP contribution is 2.51. The standard InChI is InChI=1S/C34H37F3N2O3/c1-4-41-30(40)21-33(18-19-33)28-16-14-26(15-17-28)25-10-12-27(13-11-25)32-31(23(3)39-42-32)38-22(2)8-9-24-6-5-7-29(20-24)34(35,36)37/h5-7,10-17,20,22-23,32,39H,4,8-9,18-19,21H2,1-3H3. The average molecular weight is 579 g/mol. The first-order valence-corrected chi connectivity index (χ1v) is 14.6. The van der Waals surface area contributed by atoms with Crippen LogP contribution >= 0.6 is 0 Å². The van der Waals surface area contributed by atoms with Crippen molar-refractivity contribution in [2.24, 2.45) is 4.99 Å². The molecule has 222 valence electrons. The summed E-state index contributed by atoms with van der Waals surface area (Å²) in [5.74, 6) is -0.138. The van der Waals surface area contributed by atoms with Gasteiger partial charge in [-0.15, -0.1) is 0 Å². The Hall–Kier alpha value is -3.49. The summed E-state index contributed by atoms with van der Waals surface area (Å²) in [7, 11) is 0. The highest BCUT2D eigenvalue weighted by molar-refractivity contribution is 5.95. The molecule has 0 spiro atoms. The molecule has 0 amide bonds. The Balaban J connectivity index is 1.23. The van der Waals surface area contributed by atoms with Crippen molar-refractivity contribution in [1.29, 1.82) is 0 Å². The summed E-state index contributed by atoms with van der Waals surface area (Å²) in [6.45, 7) is 6.20. The number of nitrogens with one attached hydrogen (secondary N) is 1. The van der Waals surface area contributed by atoms with Crippen LogP contribution in [0.4, 0.5) is 13.2 Å². The smallest absolute Gasteiger partial charge is 0.416 e. The first-order valence-electron chi connectivity index (χ1n) is 14.6. The lowest BCUT2D eigenvalue weighted by Crippen LogP contribution is -2.24. The Kier molecular flexibility index (Phi) is 8.85. The molecule has 0 radical (unpaired) electrons. The zero-order chi connectivity index (χ0) is 29.9. The molecule has 2 aliphatic rings. The van der Waals surface area contributed by atoms with Crippen LogP contribution in [0.2, 0.25) is 0 Å². The third kappa shape index (κ3) is 6.93. The maximum atomic E-state index is 13.1. The maximum absolute atomic E-state index is 13.1. The third-order valence-corrected chi connectivity index (χ3v) is 8.24. The minimum atomic E-state index is -4.35. The Morgan fingerprint density at radius 3 is 2.36 bits per heavy atom. The van der Waals surface area contributed by atoms with E-state index in [1.165, 1.54) is 17.7 Å². The number of ether oxygens (including phenoxy) is 1. The normalized spacial score (nSPS) is 21.3. The van der Waals surface area contributed by atoms with Gasteiger partial charge in [0.15, 0.2) is 0 Å². The Labute approximate surface area is 245 Å². The molecule has 8 heteroatoms. The summed E-state index contributed by atoms with van der Waals surface area (Å²) >= 11 is 0. The van der Waals surface area contributed by atoms with Gasteiger partial charge in [0.2, 0.25) is 0 Å². The van der Waals surface area contributed by atoms with Crippen molar-refractivity contribution < 1.29 is 27.5 Å². The molecule has 3 aromatic carbocycles. The fraction of sp³-hybridized carbons (Fsp3) is 0.412. The van der Waals surface area contributed by atoms with Gasteiger partial charge in [0.1, 0.15) is 6.10 Å². The van der Waals surface area contributed by atoms with Crippen molar-refractivity contribution in [3.63, 3.8) is 0 Å². The van der Waals surface area contributed by atoms with E-state index in [4.69, 9.17) is 14.6 Å². The Morgan fingerprint density at radius 2 is 1.74 bits per heavy atom. The zero-order valence-corrected chi connectivity index (χ0v) is 24.2. The van der Waals surface area contributed by atoms with E-state index in [-0.39, 0.29) is 29.6 Å². The quantitative estimate of drug-likeness (QED) is 0.250. The number of nitrogens with zero attached hydrogens (tertiary/aromatic N) is 1. The molecule has 1 saturated carbocycles. The van der Waals surface area contributed by atoms with E-state index in [0.717, 1.165) is 41.3 Å². The number of hydrogen-bond donors (Lipinski definition) is 1. The van der Waals surface area contributed by atoms with Gasteiger partial charge in [-0.1, -0.05) is 66.7 Å². The molecule has 3 aromatic rings. The highest BCUT2D eigenvalue weighted by Gasteiger charge is 2.46. The number of rotatable bonds is 10. The maximum Gasteiger partial charge on any atom is 0.416 e. The molecule has 5 rings (SSSR count). The second-order valence-corrected chi connectivity index (χ2v) is 11.4. The molecule has 1 N–H and O–H groups in total. The fourth-order valence-corrected chi connectivity index (χ4v) is 5.61. The predicted molar refractivity (Wildman–Crippen MR) is 157 cm³/mol. The number of carbonyl (C=O) groups excluding carboxylic acids is 1. The minimum absolute atomic E-state index is 0.0809. The molecule has 42 heavy (non-hydrogen) atoms. The van der Waals surface area contributed by atoms with E-state index < -0.39 is 11.7 Å². The van der Waals surface area contributed by atoms with Crippen molar-refractivity contribution in [3.05, 3.63) is 95.1 Å². The number of hydroxylamine groups is 1. The number of aryl methyl sites for hydroxylation is 1. The first-order chi connectivity index (χ1) is 20.1. The molecule has 0 aromatic heterocycles. The molecule has 0 bridgehead atoms. The summed E-state index contributed by atoms with van der Waals surface area (Å²) < 4.78 is 44.4. The first kappa shape index (κ1) is 30.0. The number of halogens is 3. The highest BCUT2D eigenvalue weighted by atomic mass is 19.4. The van der Waals surface area contributed by atoms with Crippen molar-refractivity contribution in [2.75, 3.05) is 6.61 Å². The number of benzene rings is 3. The molecule has 3 atom stereocenters. The number of carbonyl (C=O) groups is 1. The van der Waals surface area contributed by atoms with Crippen molar-refractivity contribution in [1.82, 2.24) is 5.48 Å². The lowest BCUT2D eigenvalue weighted by molar-refractivity contribution is -0.143. The largest absolute Gasteiger partial charge is 0.466 e. The second-order valence-electron chi connectivity index (χ2n) is 11.4. The van der Waals surface area contributed by atoms with Crippen molar-refractivity contribution in [2.45, 2.75) is 82.7 Å². The van der Waals surface area contributed by atoms with Crippen LogP contribution < -0.4 is 5.48 Å². The SMILES string of the molecule is CCOC(=O)CC1(c2ccc(-c3ccc(C4ONC(C)C4=NC(C)CCc4cccc(C(F)(F)F)c4)cc3)cc2)CC1. The van der Waals surface area contributed by atoms with Gasteiger partial charge in [0, 0.05) is 11.5 Å². The number of esters is 1. The topological polar surface area (TPSA) is 59.9 Å². The fourth-order valence-electron chi connectivity index (χ4n) is 5.61. The molecule has 1 aliphatic carbocycles. The molecular weight excluding hydrogens is 541 g/mol. The number of alkyl halides is 3. The summed E-state index contributed by atoms with van der Waals surface area (Å²) in [5, 5.41) is 0. The van der Waals surface area contributed by atoms with E-state index in [1.54, 1.807) is 6.07 Å². The minimum Gasteiger partial charge on any atom is -0.466 e. The van der Waals surface area contributed by atoms with Crippen molar-refractivity contribution in [3.8, 4) is 11.1 Å². The summed E-state index contributed by atoms with van der Waals surface area (Å²) in [4.78, 5) is 22.9. The molecular formula is C34H37F3N2O3. The average Bonchev–Trinajstić information content (AvgIpc) is 3.67. The van der Waals surface area contributed by atoms with E-state index in [9.17, 15) is 18.0 Å². The predicted octanol–water partition coefficient (Wildman–Crippen LogP) is 7.78. The van der Waals surface area contributed by atoms with E-state index in [1.807, 2.05) is 32.9 Å². The van der Waals surface area contributed by atoms with Crippen LogP contribution in [0.25, 0.3) is 11.1 Å². The van der Waals surface area contributed by atoms with Gasteiger partial charge in [-0.3, -0.25) is 14.6 Å². The van der Waals surface area contributed by atoms with Crippen LogP contribution in [-0.2, 0) is 32.4 Å². The van der Waals surface area contributed by atoms with Crippen LogP contribution in [-0.4, -0.2) is 30.4 Å². The van der Waals surface area contributed by atoms with Gasteiger partial charge in [-0.2, -0.15) is 18.7 Å². The van der Waals surface area contributed by atoms with Crippen LogP contribution in [0.15, 0.2) is 77.8 Å². The van der Waals surface area contributed by atoms with Gasteiger partial charge in [0.05, 0.1) is 30.3 Å². The van der Waals surface area contributed by atoms with Gasteiger partial charge in [-0.25, -0.2) is 0 Å². The van der Waals surface area contributed by atoms with Gasteiger partial charge >= 0.3 is 12.1 Å². The van der Waals surface area contributed by atoms with Crippen LogP contribution in [0.3, 0.4) is 0 Å². The molecule has 1 saturated heterocycles. The van der Waals surface area contributed by atoms with Gasteiger partial charge in [0.25, 0.3) is 0 Å². The van der Waals surface area contributed by atoms with E-state index in [2.05, 4.69) is 41.9 Å². The number of hydrogen-bond acceptors (Lipinski definition) is 5. The Morgan fingerprint density at radius 1 is 1.07 bits per heavy atom. The molecule has 5 nitrogen and oxygen atoms in total. The number of aliphatic imine (C=N–C) groups is 1. The zero-order valence-electron chi connectivity index (χ0n) is 24.2. The van der Waals surface area contributed by atoms with E-state index in [0.29, 0.717) is 31.4 Å². The molecule has 2 fully saturated rings. The molecule has 1 heterocycles. The summed E-state index contributed by atoms with van der Waals surface area (Å²) in [5.41, 5.74) is 8.16. The summed E-state index contributed by atoms with van der Waals surface area (Å²) in [6.07, 6.45) is -1.13. The van der Waals surface area contributed by atoms with Crippen LogP contribution in [0.5, 0.6) is 0 Å². The molecule has 1 aliphatic heterocycles. The van der Waals surface area contributed by atoms with Crippen LogP contribution in [0.1, 0.15) is 74.8 Å². The Bertz CT molecular complexity index is 1410. The van der Waals surface area contributed by atoms with Crippen LogP contribution in [0, 0.1) is 0 Å².